The second-order valence-electron chi connectivity index (χ2n) is 5.92. The molecule has 17 heavy (non-hydrogen) atoms. The van der Waals surface area contributed by atoms with Crippen LogP contribution in [0.5, 0.6) is 0 Å². The Morgan fingerprint density at radius 1 is 1.06 bits per heavy atom. The summed E-state index contributed by atoms with van der Waals surface area (Å²) < 4.78 is 0. The minimum atomic E-state index is -0.824. The van der Waals surface area contributed by atoms with Crippen LogP contribution >= 0.6 is 0 Å². The molecule has 0 bridgehead atoms. The molecule has 98 valence electrons. The minimum absolute atomic E-state index is 0.186. The van der Waals surface area contributed by atoms with E-state index >= 15 is 0 Å². The van der Waals surface area contributed by atoms with Crippen molar-refractivity contribution in [2.24, 2.45) is 11.8 Å². The van der Waals surface area contributed by atoms with Gasteiger partial charge in [-0.2, -0.15) is 0 Å². The van der Waals surface area contributed by atoms with Gasteiger partial charge in [-0.1, -0.05) is 33.6 Å². The van der Waals surface area contributed by atoms with Gasteiger partial charge in [0.2, 0.25) is 0 Å². The molecule has 2 N–H and O–H groups in total. The molecule has 0 aliphatic carbocycles. The van der Waals surface area contributed by atoms with Crippen molar-refractivity contribution in [3.8, 4) is 11.8 Å². The maximum Gasteiger partial charge on any atom is 0.139 e. The zero-order valence-corrected chi connectivity index (χ0v) is 11.8. The summed E-state index contributed by atoms with van der Waals surface area (Å²) in [6, 6.07) is 0. The summed E-state index contributed by atoms with van der Waals surface area (Å²) in [5.41, 5.74) is -0.824. The van der Waals surface area contributed by atoms with Gasteiger partial charge in [-0.3, -0.25) is 0 Å². The third-order valence-corrected chi connectivity index (χ3v) is 3.95. The minimum Gasteiger partial charge on any atom is -0.377 e. The molecule has 0 radical (unpaired) electrons. The Labute approximate surface area is 106 Å². The van der Waals surface area contributed by atoms with Crippen molar-refractivity contribution < 1.29 is 10.0 Å². The van der Waals surface area contributed by atoms with Gasteiger partial charge in [-0.05, 0) is 37.0 Å². The molecule has 1 aliphatic heterocycles. The summed E-state index contributed by atoms with van der Waals surface area (Å²) in [7, 11) is 0. The Kier molecular flexibility index (Phi) is 5.49. The van der Waals surface area contributed by atoms with Gasteiger partial charge in [0.25, 0.3) is 0 Å². The lowest BCUT2D eigenvalue weighted by Gasteiger charge is -2.30. The fourth-order valence-corrected chi connectivity index (χ4v) is 2.49. The molecule has 0 saturated carbocycles. The lowest BCUT2D eigenvalue weighted by molar-refractivity contribution is -0.897. The lowest BCUT2D eigenvalue weighted by atomic mass is 9.81. The van der Waals surface area contributed by atoms with E-state index in [4.69, 9.17) is 0 Å². The normalized spacial score (nSPS) is 18.3. The zero-order valence-electron chi connectivity index (χ0n) is 11.8. The molecule has 1 heterocycles. The van der Waals surface area contributed by atoms with Gasteiger partial charge in [-0.25, -0.2) is 0 Å². The molecule has 1 saturated heterocycles. The lowest BCUT2D eigenvalue weighted by Crippen LogP contribution is -3.12. The highest BCUT2D eigenvalue weighted by Crippen LogP contribution is 2.24. The smallest absolute Gasteiger partial charge is 0.139 e. The highest BCUT2D eigenvalue weighted by atomic mass is 16.3. The van der Waals surface area contributed by atoms with E-state index in [1.165, 1.54) is 32.4 Å². The Morgan fingerprint density at radius 2 is 1.59 bits per heavy atom. The highest BCUT2D eigenvalue weighted by Gasteiger charge is 2.32. The van der Waals surface area contributed by atoms with Gasteiger partial charge in [-0.15, -0.1) is 0 Å². The number of aliphatic hydroxyl groups is 1. The monoisotopic (exact) mass is 238 g/mol. The molecule has 0 amide bonds. The van der Waals surface area contributed by atoms with Gasteiger partial charge in [0.05, 0.1) is 13.1 Å². The average Bonchev–Trinajstić information content (AvgIpc) is 2.29. The van der Waals surface area contributed by atoms with Crippen LogP contribution in [-0.4, -0.2) is 30.3 Å². The van der Waals surface area contributed by atoms with E-state index in [0.29, 0.717) is 0 Å². The van der Waals surface area contributed by atoms with E-state index < -0.39 is 5.60 Å². The maximum absolute atomic E-state index is 10.5. The van der Waals surface area contributed by atoms with Crippen LogP contribution in [-0.2, 0) is 0 Å². The standard InChI is InChI=1S/C15H27NO/c1-13(2)15(17,14(3)4)9-8-12-16-10-6-5-7-11-16/h13-14,17H,5-7,10-12H2,1-4H3/p+1. The molecule has 1 rings (SSSR count). The third kappa shape index (κ3) is 4.01. The number of quaternary nitrogens is 1. The first-order chi connectivity index (χ1) is 7.97. The van der Waals surface area contributed by atoms with Crippen LogP contribution in [0.1, 0.15) is 47.0 Å². The van der Waals surface area contributed by atoms with Crippen LogP contribution in [0.3, 0.4) is 0 Å². The Morgan fingerprint density at radius 3 is 2.06 bits per heavy atom. The van der Waals surface area contributed by atoms with E-state index in [0.717, 1.165) is 6.54 Å². The number of hydrogen-bond acceptors (Lipinski definition) is 1. The first kappa shape index (κ1) is 14.5. The van der Waals surface area contributed by atoms with Crippen LogP contribution in [0.4, 0.5) is 0 Å². The third-order valence-electron chi connectivity index (χ3n) is 3.95. The van der Waals surface area contributed by atoms with Crippen LogP contribution in [0.25, 0.3) is 0 Å². The van der Waals surface area contributed by atoms with Crippen LogP contribution in [0, 0.1) is 23.7 Å². The van der Waals surface area contributed by atoms with E-state index in [1.807, 2.05) is 27.7 Å². The maximum atomic E-state index is 10.5. The predicted octanol–water partition coefficient (Wildman–Crippen LogP) is 1.10. The van der Waals surface area contributed by atoms with E-state index in [-0.39, 0.29) is 11.8 Å². The quantitative estimate of drug-likeness (QED) is 0.707. The zero-order chi connectivity index (χ0) is 12.9. The molecule has 1 aliphatic rings. The van der Waals surface area contributed by atoms with Crippen molar-refractivity contribution in [2.45, 2.75) is 52.6 Å². The molecule has 0 aromatic heterocycles. The molecular weight excluding hydrogens is 210 g/mol. The summed E-state index contributed by atoms with van der Waals surface area (Å²) in [4.78, 5) is 1.58. The van der Waals surface area contributed by atoms with E-state index in [9.17, 15) is 5.11 Å². The van der Waals surface area contributed by atoms with Crippen LogP contribution in [0.15, 0.2) is 0 Å². The van der Waals surface area contributed by atoms with Crippen LogP contribution < -0.4 is 4.90 Å². The topological polar surface area (TPSA) is 24.7 Å². The first-order valence-electron chi connectivity index (χ1n) is 7.02. The number of rotatable bonds is 3. The highest BCUT2D eigenvalue weighted by molar-refractivity contribution is 5.16. The van der Waals surface area contributed by atoms with E-state index in [1.54, 1.807) is 4.90 Å². The average molecular weight is 238 g/mol. The SMILES string of the molecule is CC(C)C(O)(C#CC[NH+]1CCCCC1)C(C)C. The van der Waals surface area contributed by atoms with Gasteiger partial charge < -0.3 is 10.0 Å². The molecule has 0 aromatic rings. The van der Waals surface area contributed by atoms with Gasteiger partial charge in [0.15, 0.2) is 0 Å². The van der Waals surface area contributed by atoms with E-state index in [2.05, 4.69) is 11.8 Å². The number of hydrogen-bond donors (Lipinski definition) is 2. The summed E-state index contributed by atoms with van der Waals surface area (Å²) >= 11 is 0. The van der Waals surface area contributed by atoms with Gasteiger partial charge in [0.1, 0.15) is 12.1 Å². The Hall–Kier alpha value is -0.520. The predicted molar refractivity (Wildman–Crippen MR) is 71.8 cm³/mol. The Balaban J connectivity index is 2.55. The number of likely N-dealkylation sites (tertiary alicyclic amines) is 1. The fraction of sp³-hybridized carbons (Fsp3) is 0.867. The van der Waals surface area contributed by atoms with Crippen molar-refractivity contribution in [1.82, 2.24) is 0 Å². The molecule has 0 spiro atoms. The molecule has 1 fully saturated rings. The van der Waals surface area contributed by atoms with Gasteiger partial charge in [0, 0.05) is 0 Å². The largest absolute Gasteiger partial charge is 0.377 e. The molecule has 2 heteroatoms. The van der Waals surface area contributed by atoms with Crippen molar-refractivity contribution in [3.05, 3.63) is 0 Å². The molecule has 0 unspecified atom stereocenters. The summed E-state index contributed by atoms with van der Waals surface area (Å²) in [5.74, 6) is 6.72. The number of piperidine rings is 1. The van der Waals surface area contributed by atoms with Crippen molar-refractivity contribution in [1.29, 1.82) is 0 Å². The molecule has 2 nitrogen and oxygen atoms in total. The molecule has 0 atom stereocenters. The van der Waals surface area contributed by atoms with Crippen LogP contribution in [0.2, 0.25) is 0 Å². The molecule has 0 aromatic carbocycles. The molecular formula is C15H28NO+. The Bertz CT molecular complexity index is 271. The van der Waals surface area contributed by atoms with Gasteiger partial charge >= 0.3 is 0 Å². The van der Waals surface area contributed by atoms with Crippen molar-refractivity contribution in [3.63, 3.8) is 0 Å². The second-order valence-corrected chi connectivity index (χ2v) is 5.92. The van der Waals surface area contributed by atoms with Crippen molar-refractivity contribution in [2.75, 3.05) is 19.6 Å². The summed E-state index contributed by atoms with van der Waals surface area (Å²) in [6.07, 6.45) is 4.03. The van der Waals surface area contributed by atoms with Crippen molar-refractivity contribution >= 4 is 0 Å². The fourth-order valence-electron chi connectivity index (χ4n) is 2.49. The summed E-state index contributed by atoms with van der Waals surface area (Å²) in [6.45, 7) is 11.6. The number of nitrogens with one attached hydrogen (secondary N) is 1. The first-order valence-corrected chi connectivity index (χ1v) is 7.02. The second kappa shape index (κ2) is 6.42. The summed E-state index contributed by atoms with van der Waals surface area (Å²) in [5, 5.41) is 10.5.